The Bertz CT molecular complexity index is 700. The second kappa shape index (κ2) is 6.75. The van der Waals surface area contributed by atoms with Gasteiger partial charge in [-0.25, -0.2) is 8.78 Å². The van der Waals surface area contributed by atoms with Crippen molar-refractivity contribution in [1.82, 2.24) is 5.32 Å². The smallest absolute Gasteiger partial charge is 0.237 e. The van der Waals surface area contributed by atoms with Crippen molar-refractivity contribution in [2.24, 2.45) is 5.73 Å². The van der Waals surface area contributed by atoms with Gasteiger partial charge >= 0.3 is 0 Å². The summed E-state index contributed by atoms with van der Waals surface area (Å²) in [5.41, 5.74) is 5.38. The van der Waals surface area contributed by atoms with Gasteiger partial charge in [-0.15, -0.1) is 0 Å². The Labute approximate surface area is 133 Å². The lowest BCUT2D eigenvalue weighted by Crippen LogP contribution is -2.50. The van der Waals surface area contributed by atoms with Crippen molar-refractivity contribution in [2.45, 2.75) is 25.9 Å². The van der Waals surface area contributed by atoms with Crippen LogP contribution in [0.3, 0.4) is 0 Å². The molecule has 6 heteroatoms. The van der Waals surface area contributed by atoms with Gasteiger partial charge in [0, 0.05) is 12.6 Å². The molecule has 2 aromatic rings. The third-order valence-corrected chi connectivity index (χ3v) is 3.40. The first-order valence-corrected chi connectivity index (χ1v) is 7.05. The summed E-state index contributed by atoms with van der Waals surface area (Å²) in [4.78, 5) is 11.2. The van der Waals surface area contributed by atoms with E-state index in [0.717, 1.165) is 17.7 Å². The third kappa shape index (κ3) is 4.50. The number of halogens is 2. The molecular weight excluding hydrogens is 302 g/mol. The first-order valence-electron chi connectivity index (χ1n) is 7.05. The molecule has 0 spiro atoms. The van der Waals surface area contributed by atoms with Crippen LogP contribution in [0.2, 0.25) is 0 Å². The Morgan fingerprint density at radius 3 is 2.39 bits per heavy atom. The Morgan fingerprint density at radius 1 is 1.17 bits per heavy atom. The van der Waals surface area contributed by atoms with Gasteiger partial charge in [0.25, 0.3) is 0 Å². The van der Waals surface area contributed by atoms with Gasteiger partial charge in [-0.1, -0.05) is 12.1 Å². The van der Waals surface area contributed by atoms with Crippen LogP contribution in [0, 0.1) is 11.6 Å². The average molecular weight is 320 g/mol. The normalized spacial score (nSPS) is 11.3. The van der Waals surface area contributed by atoms with Crippen molar-refractivity contribution in [3.05, 3.63) is 59.7 Å². The molecule has 0 saturated heterocycles. The van der Waals surface area contributed by atoms with Crippen LogP contribution >= 0.6 is 0 Å². The molecule has 0 atom stereocenters. The van der Waals surface area contributed by atoms with E-state index >= 15 is 0 Å². The zero-order valence-electron chi connectivity index (χ0n) is 12.9. The molecule has 0 aliphatic heterocycles. The van der Waals surface area contributed by atoms with Crippen molar-refractivity contribution in [3.63, 3.8) is 0 Å². The molecule has 0 fully saturated rings. The molecule has 0 aliphatic rings. The molecule has 0 aromatic heterocycles. The van der Waals surface area contributed by atoms with Gasteiger partial charge in [-0.3, -0.25) is 10.1 Å². The fourth-order valence-corrected chi connectivity index (χ4v) is 1.77. The van der Waals surface area contributed by atoms with E-state index in [4.69, 9.17) is 10.5 Å². The summed E-state index contributed by atoms with van der Waals surface area (Å²) in [6, 6.07) is 10.0. The monoisotopic (exact) mass is 320 g/mol. The second-order valence-electron chi connectivity index (χ2n) is 5.66. The Balaban J connectivity index is 2.01. The van der Waals surface area contributed by atoms with Crippen LogP contribution in [-0.2, 0) is 11.3 Å². The molecule has 0 unspecified atom stereocenters. The lowest BCUT2D eigenvalue weighted by molar-refractivity contribution is -0.123. The minimum Gasteiger partial charge on any atom is -0.454 e. The Kier molecular flexibility index (Phi) is 4.95. The van der Waals surface area contributed by atoms with Gasteiger partial charge in [-0.05, 0) is 43.7 Å². The van der Waals surface area contributed by atoms with Crippen LogP contribution < -0.4 is 15.8 Å². The van der Waals surface area contributed by atoms with Gasteiger partial charge in [0.1, 0.15) is 11.6 Å². The van der Waals surface area contributed by atoms with Crippen molar-refractivity contribution in [2.75, 3.05) is 0 Å². The molecule has 0 aliphatic carbocycles. The summed E-state index contributed by atoms with van der Waals surface area (Å²) in [6.45, 7) is 3.84. The zero-order chi connectivity index (χ0) is 17.0. The maximum Gasteiger partial charge on any atom is 0.237 e. The Morgan fingerprint density at radius 2 is 1.83 bits per heavy atom. The van der Waals surface area contributed by atoms with Crippen molar-refractivity contribution in [1.29, 1.82) is 0 Å². The number of ether oxygens (including phenoxy) is 1. The van der Waals surface area contributed by atoms with Gasteiger partial charge < -0.3 is 10.5 Å². The number of carbonyl (C=O) groups is 1. The number of benzene rings is 2. The van der Waals surface area contributed by atoms with E-state index in [1.165, 1.54) is 6.07 Å². The highest BCUT2D eigenvalue weighted by molar-refractivity contribution is 5.83. The Hall–Kier alpha value is -2.47. The number of hydrogen-bond acceptors (Lipinski definition) is 3. The number of carbonyl (C=O) groups excluding carboxylic acids is 1. The van der Waals surface area contributed by atoms with E-state index in [0.29, 0.717) is 12.3 Å². The van der Waals surface area contributed by atoms with Gasteiger partial charge in [0.2, 0.25) is 5.91 Å². The second-order valence-corrected chi connectivity index (χ2v) is 5.66. The quantitative estimate of drug-likeness (QED) is 0.859. The average Bonchev–Trinajstić information content (AvgIpc) is 2.49. The molecule has 0 heterocycles. The first kappa shape index (κ1) is 16.9. The molecule has 0 saturated carbocycles. The van der Waals surface area contributed by atoms with Crippen molar-refractivity contribution >= 4 is 5.91 Å². The molecule has 0 radical (unpaired) electrons. The number of amides is 1. The number of nitrogens with two attached hydrogens (primary N) is 1. The molecule has 122 valence electrons. The van der Waals surface area contributed by atoms with Crippen LogP contribution in [-0.4, -0.2) is 11.4 Å². The van der Waals surface area contributed by atoms with E-state index in [2.05, 4.69) is 5.32 Å². The van der Waals surface area contributed by atoms with Crippen LogP contribution in [0.25, 0.3) is 0 Å². The minimum atomic E-state index is -0.813. The fraction of sp³-hybridized carbons (Fsp3) is 0.235. The van der Waals surface area contributed by atoms with E-state index in [1.807, 2.05) is 0 Å². The molecule has 0 bridgehead atoms. The summed E-state index contributed by atoms with van der Waals surface area (Å²) in [5.74, 6) is -1.49. The predicted octanol–water partition coefficient (Wildman–Crippen LogP) is 3.11. The molecule has 23 heavy (non-hydrogen) atoms. The maximum atomic E-state index is 13.5. The molecular formula is C17H18F2N2O2. The third-order valence-electron chi connectivity index (χ3n) is 3.40. The highest BCUT2D eigenvalue weighted by atomic mass is 19.1. The van der Waals surface area contributed by atoms with Gasteiger partial charge in [-0.2, -0.15) is 0 Å². The number of hydrogen-bond donors (Lipinski definition) is 2. The van der Waals surface area contributed by atoms with Crippen molar-refractivity contribution in [3.8, 4) is 11.5 Å². The highest BCUT2D eigenvalue weighted by Gasteiger charge is 2.23. The zero-order valence-corrected chi connectivity index (χ0v) is 12.9. The van der Waals surface area contributed by atoms with E-state index in [-0.39, 0.29) is 5.75 Å². The minimum absolute atomic E-state index is 0.0489. The maximum absolute atomic E-state index is 13.5. The summed E-state index contributed by atoms with van der Waals surface area (Å²) in [5, 5.41) is 3.04. The standard InChI is InChI=1S/C17H18F2N2O2/c1-17(2,16(20)22)21-10-11-3-6-13(7-4-11)23-15-8-5-12(18)9-14(15)19/h3-9,21H,10H2,1-2H3,(H2,20,22). The van der Waals surface area contributed by atoms with Gasteiger partial charge in [0.05, 0.1) is 5.54 Å². The molecule has 4 nitrogen and oxygen atoms in total. The molecule has 3 N–H and O–H groups in total. The summed E-state index contributed by atoms with van der Waals surface area (Å²) >= 11 is 0. The van der Waals surface area contributed by atoms with Gasteiger partial charge in [0.15, 0.2) is 11.6 Å². The fourth-order valence-electron chi connectivity index (χ4n) is 1.77. The van der Waals surface area contributed by atoms with Crippen LogP contribution in [0.1, 0.15) is 19.4 Å². The lowest BCUT2D eigenvalue weighted by atomic mass is 10.0. The van der Waals surface area contributed by atoms with E-state index in [1.54, 1.807) is 38.1 Å². The summed E-state index contributed by atoms with van der Waals surface area (Å²) in [6.07, 6.45) is 0. The molecule has 2 aromatic carbocycles. The number of nitrogens with one attached hydrogen (secondary N) is 1. The number of rotatable bonds is 6. The van der Waals surface area contributed by atoms with E-state index in [9.17, 15) is 13.6 Å². The van der Waals surface area contributed by atoms with Crippen LogP contribution in [0.5, 0.6) is 11.5 Å². The topological polar surface area (TPSA) is 64.3 Å². The van der Waals surface area contributed by atoms with E-state index < -0.39 is 23.1 Å². The highest BCUT2D eigenvalue weighted by Crippen LogP contribution is 2.25. The lowest BCUT2D eigenvalue weighted by Gasteiger charge is -2.22. The van der Waals surface area contributed by atoms with Crippen LogP contribution in [0.15, 0.2) is 42.5 Å². The number of primary amides is 1. The van der Waals surface area contributed by atoms with Crippen molar-refractivity contribution < 1.29 is 18.3 Å². The summed E-state index contributed by atoms with van der Waals surface area (Å²) in [7, 11) is 0. The molecule has 2 rings (SSSR count). The first-order chi connectivity index (χ1) is 10.8. The largest absolute Gasteiger partial charge is 0.454 e. The van der Waals surface area contributed by atoms with Crippen LogP contribution in [0.4, 0.5) is 8.78 Å². The summed E-state index contributed by atoms with van der Waals surface area (Å²) < 4.78 is 31.7. The SMILES string of the molecule is CC(C)(NCc1ccc(Oc2ccc(F)cc2F)cc1)C(N)=O. The predicted molar refractivity (Wildman–Crippen MR) is 83.0 cm³/mol. The molecule has 1 amide bonds.